The number of guanidine groups is 1. The van der Waals surface area contributed by atoms with E-state index in [4.69, 9.17) is 4.74 Å². The minimum absolute atomic E-state index is 0.134. The van der Waals surface area contributed by atoms with Crippen LogP contribution in [-0.4, -0.2) is 32.8 Å². The minimum atomic E-state index is -2.83. The van der Waals surface area contributed by atoms with E-state index < -0.39 is 6.61 Å². The maximum Gasteiger partial charge on any atom is 0.387 e. The molecular weight excluding hydrogens is 352 g/mol. The number of rotatable bonds is 9. The number of benzene rings is 2. The van der Waals surface area contributed by atoms with Gasteiger partial charge < -0.3 is 20.1 Å². The summed E-state index contributed by atoms with van der Waals surface area (Å²) in [6.45, 7) is 0.951. The van der Waals surface area contributed by atoms with Gasteiger partial charge in [-0.1, -0.05) is 24.3 Å². The molecule has 0 aromatic heterocycles. The van der Waals surface area contributed by atoms with Gasteiger partial charge in [0.05, 0.1) is 13.7 Å². The van der Waals surface area contributed by atoms with E-state index in [1.54, 1.807) is 19.2 Å². The summed E-state index contributed by atoms with van der Waals surface area (Å²) < 4.78 is 34.2. The zero-order chi connectivity index (χ0) is 19.5. The van der Waals surface area contributed by atoms with Gasteiger partial charge in [0.2, 0.25) is 0 Å². The Balaban J connectivity index is 1.89. The molecule has 0 amide bonds. The highest BCUT2D eigenvalue weighted by Crippen LogP contribution is 2.16. The van der Waals surface area contributed by atoms with Gasteiger partial charge in [-0.15, -0.1) is 0 Å². The first-order valence-electron chi connectivity index (χ1n) is 8.79. The molecule has 2 aromatic carbocycles. The number of hydrogen-bond donors (Lipinski definition) is 2. The van der Waals surface area contributed by atoms with Crippen molar-refractivity contribution in [1.82, 2.24) is 10.6 Å². The molecule has 146 valence electrons. The fraction of sp³-hybridized carbons (Fsp3) is 0.350. The van der Waals surface area contributed by atoms with Crippen molar-refractivity contribution in [2.75, 3.05) is 20.2 Å². The first-order chi connectivity index (χ1) is 13.1. The van der Waals surface area contributed by atoms with Gasteiger partial charge in [0.25, 0.3) is 0 Å². The van der Waals surface area contributed by atoms with Gasteiger partial charge >= 0.3 is 6.61 Å². The number of alkyl halides is 2. The molecule has 2 rings (SSSR count). The summed E-state index contributed by atoms with van der Waals surface area (Å²) in [7, 11) is 1.64. The van der Waals surface area contributed by atoms with Crippen molar-refractivity contribution in [3.63, 3.8) is 0 Å². The van der Waals surface area contributed by atoms with Gasteiger partial charge in [0, 0.05) is 13.1 Å². The van der Waals surface area contributed by atoms with Crippen molar-refractivity contribution in [3.05, 3.63) is 59.7 Å². The highest BCUT2D eigenvalue weighted by molar-refractivity contribution is 5.79. The molecule has 0 aliphatic carbocycles. The number of nitrogens with zero attached hydrogens (tertiary/aromatic N) is 1. The molecule has 7 heteroatoms. The van der Waals surface area contributed by atoms with E-state index in [-0.39, 0.29) is 5.75 Å². The normalized spacial score (nSPS) is 11.4. The van der Waals surface area contributed by atoms with E-state index >= 15 is 0 Å². The van der Waals surface area contributed by atoms with E-state index in [0.717, 1.165) is 24.3 Å². The van der Waals surface area contributed by atoms with Gasteiger partial charge in [-0.25, -0.2) is 4.99 Å². The summed E-state index contributed by atoms with van der Waals surface area (Å²) in [4.78, 5) is 4.49. The third kappa shape index (κ3) is 7.52. The fourth-order valence-electron chi connectivity index (χ4n) is 2.45. The molecule has 27 heavy (non-hydrogen) atoms. The van der Waals surface area contributed by atoms with E-state index in [0.29, 0.717) is 19.0 Å². The van der Waals surface area contributed by atoms with Crippen molar-refractivity contribution >= 4 is 5.96 Å². The van der Waals surface area contributed by atoms with Crippen molar-refractivity contribution in [2.45, 2.75) is 26.5 Å². The van der Waals surface area contributed by atoms with Crippen LogP contribution in [0.1, 0.15) is 18.1 Å². The Morgan fingerprint density at radius 1 is 1.04 bits per heavy atom. The van der Waals surface area contributed by atoms with Gasteiger partial charge in [-0.05, 0) is 48.7 Å². The van der Waals surface area contributed by atoms with Crippen LogP contribution >= 0.6 is 0 Å². The van der Waals surface area contributed by atoms with E-state index in [1.807, 2.05) is 37.3 Å². The summed E-state index contributed by atoms with van der Waals surface area (Å²) in [6, 6.07) is 14.5. The quantitative estimate of drug-likeness (QED) is 0.518. The molecule has 2 aromatic rings. The Morgan fingerprint density at radius 3 is 2.48 bits per heavy atom. The molecule has 0 unspecified atom stereocenters. The maximum atomic E-state index is 12.3. The number of halogens is 2. The number of nitrogens with one attached hydrogen (secondary N) is 2. The van der Waals surface area contributed by atoms with Crippen LogP contribution in [0.3, 0.4) is 0 Å². The maximum absolute atomic E-state index is 12.3. The zero-order valence-corrected chi connectivity index (χ0v) is 15.5. The van der Waals surface area contributed by atoms with Crippen LogP contribution in [0.4, 0.5) is 8.78 Å². The predicted octanol–water partition coefficient (Wildman–Crippen LogP) is 3.59. The third-order valence-corrected chi connectivity index (χ3v) is 3.75. The fourth-order valence-corrected chi connectivity index (χ4v) is 2.45. The Labute approximate surface area is 158 Å². The average molecular weight is 377 g/mol. The second-order valence-corrected chi connectivity index (χ2v) is 5.75. The van der Waals surface area contributed by atoms with Crippen LogP contribution < -0.4 is 20.1 Å². The first kappa shape index (κ1) is 20.5. The Morgan fingerprint density at radius 2 is 1.81 bits per heavy atom. The molecule has 2 N–H and O–H groups in total. The Hall–Kier alpha value is -2.83. The largest absolute Gasteiger partial charge is 0.497 e. The Bertz CT molecular complexity index is 721. The van der Waals surface area contributed by atoms with E-state index in [9.17, 15) is 8.78 Å². The van der Waals surface area contributed by atoms with Gasteiger partial charge in [0.1, 0.15) is 11.5 Å². The molecule has 0 bridgehead atoms. The van der Waals surface area contributed by atoms with Crippen LogP contribution in [0.25, 0.3) is 0 Å². The lowest BCUT2D eigenvalue weighted by Gasteiger charge is -2.12. The second-order valence-electron chi connectivity index (χ2n) is 5.75. The summed E-state index contributed by atoms with van der Waals surface area (Å²) >= 11 is 0. The summed E-state index contributed by atoms with van der Waals surface area (Å²) in [6.07, 6.45) is 0.839. The lowest BCUT2D eigenvalue weighted by molar-refractivity contribution is -0.0498. The zero-order valence-electron chi connectivity index (χ0n) is 15.5. The lowest BCUT2D eigenvalue weighted by Crippen LogP contribution is -2.38. The average Bonchev–Trinajstić information content (AvgIpc) is 2.66. The molecule has 5 nitrogen and oxygen atoms in total. The van der Waals surface area contributed by atoms with Crippen molar-refractivity contribution in [3.8, 4) is 11.5 Å². The van der Waals surface area contributed by atoms with Gasteiger partial charge in [-0.3, -0.25) is 0 Å². The Kier molecular flexibility index (Phi) is 8.35. The molecule has 0 atom stereocenters. The summed E-state index contributed by atoms with van der Waals surface area (Å²) in [5.41, 5.74) is 1.98. The number of aliphatic imine (C=N–C) groups is 1. The van der Waals surface area contributed by atoms with Crippen LogP contribution in [0.2, 0.25) is 0 Å². The topological polar surface area (TPSA) is 54.9 Å². The minimum Gasteiger partial charge on any atom is -0.497 e. The van der Waals surface area contributed by atoms with Crippen molar-refractivity contribution in [2.24, 2.45) is 4.99 Å². The predicted molar refractivity (Wildman–Crippen MR) is 103 cm³/mol. The third-order valence-electron chi connectivity index (χ3n) is 3.75. The van der Waals surface area contributed by atoms with Gasteiger partial charge in [-0.2, -0.15) is 8.78 Å². The number of methoxy groups -OCH3 is 1. The van der Waals surface area contributed by atoms with Crippen molar-refractivity contribution < 1.29 is 18.3 Å². The summed E-state index contributed by atoms with van der Waals surface area (Å²) in [5, 5.41) is 6.44. The molecule has 0 saturated carbocycles. The SMILES string of the molecule is CCNC(=NCc1cccc(OC(F)F)c1)NCCc1ccc(OC)cc1. The monoisotopic (exact) mass is 377 g/mol. The molecule has 0 aliphatic rings. The van der Waals surface area contributed by atoms with Crippen molar-refractivity contribution in [1.29, 1.82) is 0 Å². The highest BCUT2D eigenvalue weighted by atomic mass is 19.3. The molecule has 0 fully saturated rings. The van der Waals surface area contributed by atoms with E-state index in [2.05, 4.69) is 20.4 Å². The van der Waals surface area contributed by atoms with Gasteiger partial charge in [0.15, 0.2) is 5.96 Å². The number of ether oxygens (including phenoxy) is 2. The molecule has 0 heterocycles. The lowest BCUT2D eigenvalue weighted by atomic mass is 10.1. The molecule has 0 radical (unpaired) electrons. The van der Waals surface area contributed by atoms with Crippen LogP contribution in [0.5, 0.6) is 11.5 Å². The van der Waals surface area contributed by atoms with E-state index in [1.165, 1.54) is 11.6 Å². The highest BCUT2D eigenvalue weighted by Gasteiger charge is 2.05. The second kappa shape index (κ2) is 11.0. The summed E-state index contributed by atoms with van der Waals surface area (Å²) in [5.74, 6) is 1.64. The standard InChI is InChI=1S/C20H25F2N3O2/c1-3-23-20(24-12-11-15-7-9-17(26-2)10-8-15)25-14-16-5-4-6-18(13-16)27-19(21)22/h4-10,13,19H,3,11-12,14H2,1-2H3,(H2,23,24,25). The number of hydrogen-bond acceptors (Lipinski definition) is 3. The molecule has 0 aliphatic heterocycles. The first-order valence-corrected chi connectivity index (χ1v) is 8.79. The van der Waals surface area contributed by atoms with Crippen LogP contribution in [0.15, 0.2) is 53.5 Å². The van der Waals surface area contributed by atoms with Crippen LogP contribution in [-0.2, 0) is 13.0 Å². The smallest absolute Gasteiger partial charge is 0.387 e. The molecule has 0 spiro atoms. The molecular formula is C20H25F2N3O2. The van der Waals surface area contributed by atoms with Crippen LogP contribution in [0, 0.1) is 0 Å². The molecule has 0 saturated heterocycles.